The first kappa shape index (κ1) is 10.3. The van der Waals surface area contributed by atoms with Crippen LogP contribution in [0.1, 0.15) is 16.3 Å². The van der Waals surface area contributed by atoms with E-state index in [4.69, 9.17) is 27.9 Å². The van der Waals surface area contributed by atoms with E-state index in [0.29, 0.717) is 0 Å². The van der Waals surface area contributed by atoms with Gasteiger partial charge in [-0.25, -0.2) is 9.78 Å². The molecular weight excluding hydrogens is 208 g/mol. The zero-order valence-corrected chi connectivity index (χ0v) is 7.67. The first-order valence-electron chi connectivity index (χ1n) is 3.50. The number of carbonyl (C=O) groups is 1. The van der Waals surface area contributed by atoms with Crippen LogP contribution >= 0.6 is 11.6 Å². The van der Waals surface area contributed by atoms with Crippen LogP contribution in [-0.2, 0) is 0 Å². The van der Waals surface area contributed by atoms with Crippen molar-refractivity contribution in [2.24, 2.45) is 5.73 Å². The number of nitrogens with one attached hydrogen (secondary N) is 2. The molecule has 0 aliphatic carbocycles. The number of halogens is 1. The number of carboxylic acid groups (broad SMARTS) is 1. The van der Waals surface area contributed by atoms with Crippen molar-refractivity contribution >= 4 is 28.4 Å². The Hall–Kier alpha value is -1.82. The van der Waals surface area contributed by atoms with Crippen LogP contribution in [0.15, 0.2) is 12.3 Å². The fourth-order valence-electron chi connectivity index (χ4n) is 0.781. The highest BCUT2D eigenvalue weighted by Gasteiger charge is 2.08. The molecule has 0 amide bonds. The Morgan fingerprint density at radius 1 is 1.79 bits per heavy atom. The van der Waals surface area contributed by atoms with E-state index < -0.39 is 5.97 Å². The second-order valence-electron chi connectivity index (χ2n) is 2.40. The number of carboxylic acids is 1. The van der Waals surface area contributed by atoms with Gasteiger partial charge in [-0.2, -0.15) is 0 Å². The van der Waals surface area contributed by atoms with Crippen LogP contribution < -0.4 is 5.73 Å². The van der Waals surface area contributed by atoms with E-state index in [2.05, 4.69) is 9.97 Å². The van der Waals surface area contributed by atoms with Crippen molar-refractivity contribution in [2.45, 2.75) is 0 Å². The van der Waals surface area contributed by atoms with Crippen molar-refractivity contribution in [1.29, 1.82) is 5.41 Å². The van der Waals surface area contributed by atoms with Gasteiger partial charge in [0.15, 0.2) is 5.82 Å². The van der Waals surface area contributed by atoms with E-state index in [1.807, 2.05) is 0 Å². The number of aromatic nitrogens is 2. The molecule has 6 nitrogen and oxygen atoms in total. The number of nitrogens with two attached hydrogens (primary N) is 1. The highest BCUT2D eigenvalue weighted by molar-refractivity contribution is 6.67. The van der Waals surface area contributed by atoms with Gasteiger partial charge in [0.1, 0.15) is 10.9 Å². The van der Waals surface area contributed by atoms with Crippen LogP contribution in [0.25, 0.3) is 5.70 Å². The normalized spacial score (nSPS) is 11.4. The van der Waals surface area contributed by atoms with Gasteiger partial charge in [0, 0.05) is 6.08 Å². The third-order valence-electron chi connectivity index (χ3n) is 1.36. The number of hydrogen-bond donors (Lipinski definition) is 4. The van der Waals surface area contributed by atoms with Crippen molar-refractivity contribution in [2.75, 3.05) is 0 Å². The number of hydrogen-bond acceptors (Lipinski definition) is 4. The molecule has 0 bridgehead atoms. The van der Waals surface area contributed by atoms with Crippen molar-refractivity contribution in [3.05, 3.63) is 23.8 Å². The average molecular weight is 215 g/mol. The van der Waals surface area contributed by atoms with Gasteiger partial charge in [0.2, 0.25) is 0 Å². The molecule has 0 saturated heterocycles. The lowest BCUT2D eigenvalue weighted by molar-refractivity contribution is 0.0691. The minimum absolute atomic E-state index is 0.0718. The molecule has 0 saturated carbocycles. The molecule has 14 heavy (non-hydrogen) atoms. The monoisotopic (exact) mass is 214 g/mol. The summed E-state index contributed by atoms with van der Waals surface area (Å²) in [7, 11) is 0. The van der Waals surface area contributed by atoms with Crippen LogP contribution in [0.4, 0.5) is 0 Å². The van der Waals surface area contributed by atoms with Crippen LogP contribution in [-0.4, -0.2) is 26.2 Å². The number of H-pyrrole nitrogens is 1. The predicted molar refractivity (Wildman–Crippen MR) is 51.3 cm³/mol. The summed E-state index contributed by atoms with van der Waals surface area (Å²) >= 11 is 5.26. The molecule has 0 fully saturated rings. The lowest BCUT2D eigenvalue weighted by Gasteiger charge is -1.93. The zero-order chi connectivity index (χ0) is 10.7. The van der Waals surface area contributed by atoms with E-state index in [0.717, 1.165) is 12.3 Å². The maximum Gasteiger partial charge on any atom is 0.353 e. The zero-order valence-electron chi connectivity index (χ0n) is 6.91. The summed E-state index contributed by atoms with van der Waals surface area (Å²) in [6.45, 7) is 0. The van der Waals surface area contributed by atoms with Crippen molar-refractivity contribution in [3.63, 3.8) is 0 Å². The molecule has 5 N–H and O–H groups in total. The Morgan fingerprint density at radius 3 is 2.86 bits per heavy atom. The molecule has 0 spiro atoms. The highest BCUT2D eigenvalue weighted by atomic mass is 35.5. The number of imidazole rings is 1. The molecule has 1 aromatic rings. The first-order valence-corrected chi connectivity index (χ1v) is 3.88. The van der Waals surface area contributed by atoms with E-state index in [-0.39, 0.29) is 22.4 Å². The highest BCUT2D eigenvalue weighted by Crippen LogP contribution is 2.05. The topological polar surface area (TPSA) is 116 Å². The Morgan fingerprint density at radius 2 is 2.43 bits per heavy atom. The van der Waals surface area contributed by atoms with Crippen molar-refractivity contribution in [1.82, 2.24) is 9.97 Å². The van der Waals surface area contributed by atoms with Crippen molar-refractivity contribution < 1.29 is 9.90 Å². The molecule has 1 heterocycles. The number of aromatic amines is 1. The smallest absolute Gasteiger partial charge is 0.353 e. The standard InChI is InChI=1S/C7H7ClN4O2/c8-5(10)1-3(9)6-11-2-4(12-6)7(13)14/h1-2,10H,9H2,(H,11,12)(H,13,14)/b3-1+,10-5?. The summed E-state index contributed by atoms with van der Waals surface area (Å²) in [5.74, 6) is -0.953. The number of rotatable bonds is 3. The molecule has 1 rings (SSSR count). The van der Waals surface area contributed by atoms with Gasteiger partial charge in [-0.15, -0.1) is 0 Å². The van der Waals surface area contributed by atoms with Gasteiger partial charge in [0.25, 0.3) is 0 Å². The number of allylic oxidation sites excluding steroid dienone is 1. The quantitative estimate of drug-likeness (QED) is 0.552. The lowest BCUT2D eigenvalue weighted by atomic mass is 10.4. The third kappa shape index (κ3) is 2.33. The van der Waals surface area contributed by atoms with E-state index in [1.165, 1.54) is 0 Å². The number of nitrogens with zero attached hydrogens (tertiary/aromatic N) is 1. The van der Waals surface area contributed by atoms with Crippen LogP contribution in [0, 0.1) is 5.41 Å². The summed E-state index contributed by atoms with van der Waals surface area (Å²) in [6, 6.07) is 0. The van der Waals surface area contributed by atoms with Gasteiger partial charge in [0.05, 0.1) is 11.9 Å². The molecule has 0 aromatic carbocycles. The third-order valence-corrected chi connectivity index (χ3v) is 1.47. The van der Waals surface area contributed by atoms with Gasteiger partial charge in [-0.3, -0.25) is 5.41 Å². The average Bonchev–Trinajstić information content (AvgIpc) is 2.50. The fraction of sp³-hybridized carbons (Fsp3) is 0. The van der Waals surface area contributed by atoms with Gasteiger partial charge in [-0.05, 0) is 0 Å². The van der Waals surface area contributed by atoms with Crippen molar-refractivity contribution in [3.8, 4) is 0 Å². The Labute approximate surface area is 83.9 Å². The summed E-state index contributed by atoms with van der Waals surface area (Å²) < 4.78 is 0. The predicted octanol–water partition coefficient (Wildman–Crippen LogP) is 0.624. The minimum Gasteiger partial charge on any atom is -0.477 e. The molecule has 0 radical (unpaired) electrons. The molecule has 0 atom stereocenters. The Kier molecular flexibility index (Phi) is 2.88. The van der Waals surface area contributed by atoms with Crippen LogP contribution in [0.5, 0.6) is 0 Å². The lowest BCUT2D eigenvalue weighted by Crippen LogP contribution is -2.01. The molecule has 1 aromatic heterocycles. The fourth-order valence-corrected chi connectivity index (χ4v) is 0.899. The molecule has 74 valence electrons. The molecule has 0 unspecified atom stereocenters. The summed E-state index contributed by atoms with van der Waals surface area (Å²) in [5, 5.41) is 15.2. The Balaban J connectivity index is 2.97. The van der Waals surface area contributed by atoms with Crippen LogP contribution in [0.3, 0.4) is 0 Å². The number of aromatic carboxylic acids is 1. The van der Waals surface area contributed by atoms with Gasteiger partial charge >= 0.3 is 5.97 Å². The second kappa shape index (κ2) is 3.93. The minimum atomic E-state index is -1.13. The maximum absolute atomic E-state index is 10.5. The molecule has 0 aliphatic rings. The Bertz CT molecular complexity index is 410. The van der Waals surface area contributed by atoms with E-state index >= 15 is 0 Å². The van der Waals surface area contributed by atoms with Gasteiger partial charge in [-0.1, -0.05) is 11.6 Å². The first-order chi connectivity index (χ1) is 6.50. The van der Waals surface area contributed by atoms with E-state index in [9.17, 15) is 4.79 Å². The maximum atomic E-state index is 10.5. The SMILES string of the molecule is N=C(Cl)/C=C(/N)c1ncc(C(=O)O)[nH]1. The van der Waals surface area contributed by atoms with E-state index in [1.54, 1.807) is 0 Å². The second-order valence-corrected chi connectivity index (χ2v) is 2.81. The van der Waals surface area contributed by atoms with Gasteiger partial charge < -0.3 is 15.8 Å². The largest absolute Gasteiger partial charge is 0.477 e. The summed E-state index contributed by atoms with van der Waals surface area (Å²) in [6.07, 6.45) is 2.29. The summed E-state index contributed by atoms with van der Waals surface area (Å²) in [4.78, 5) is 16.6. The summed E-state index contributed by atoms with van der Waals surface area (Å²) in [5.41, 5.74) is 5.50. The molecular formula is C7H7ClN4O2. The molecule has 7 heteroatoms. The molecule has 0 aliphatic heterocycles. The van der Waals surface area contributed by atoms with Crippen LogP contribution in [0.2, 0.25) is 0 Å².